The standard InChI is InChI=1S/C59H97NO13/c1-3-5-7-9-11-13-15-16-17-18-19-20-21-22-23-24-25-26-27-28-29-30-31-32-33-35-37-39-41-43-51(64)60-47(48(63)42-40-38-36-34-14-12-10-8-6-4-2)46-70-58-56(69)54(67)57(50(45-62)72-58)73-59-55(68)53(66)52(65)49(44-61)71-59/h5-8,11,13-14,16-17,19-20,22-23,25-26,34,40,42,47-50,52-59,61-63,65-69H,3-4,9-10,12,15,18,21,24,27-33,35-39,41,43-46H2,1-2H3,(H,60,64)/b7-5-,8-6+,13-11-,17-16-,20-19-,23-22-,26-25-,34-14+,42-40+. The van der Waals surface area contributed by atoms with Crippen LogP contribution in [0, 0.1) is 0 Å². The fourth-order valence-electron chi connectivity index (χ4n) is 8.27. The fraction of sp³-hybridized carbons (Fsp3) is 0.678. The average molecular weight is 1030 g/mol. The Morgan fingerprint density at radius 2 is 0.918 bits per heavy atom. The summed E-state index contributed by atoms with van der Waals surface area (Å²) in [5.74, 6) is -0.267. The van der Waals surface area contributed by atoms with Gasteiger partial charge in [-0.25, -0.2) is 0 Å². The monoisotopic (exact) mass is 1030 g/mol. The molecule has 2 aliphatic heterocycles. The van der Waals surface area contributed by atoms with Crippen molar-refractivity contribution in [1.82, 2.24) is 5.32 Å². The zero-order valence-electron chi connectivity index (χ0n) is 44.3. The van der Waals surface area contributed by atoms with E-state index in [4.69, 9.17) is 18.9 Å². The lowest BCUT2D eigenvalue weighted by Gasteiger charge is -2.46. The van der Waals surface area contributed by atoms with E-state index in [2.05, 4.69) is 116 Å². The third-order valence-electron chi connectivity index (χ3n) is 12.7. The number of nitrogens with one attached hydrogen (secondary N) is 1. The SMILES string of the molecule is CC/C=C\C/C=C\C/C=C\C/C=C\C/C=C\C/C=C\CCCCCCCCCCCCC(=O)NC(COC1OC(CO)C(OC2OC(CO)C(O)C(O)C2O)C(O)C1O)C(O)/C=C/CC/C=C/CC/C=C/CC. The normalized spacial score (nSPS) is 26.3. The minimum absolute atomic E-state index is 0.257. The molecular formula is C59H97NO13. The molecule has 0 aromatic carbocycles. The third-order valence-corrected chi connectivity index (χ3v) is 12.7. The van der Waals surface area contributed by atoms with Gasteiger partial charge in [0.25, 0.3) is 0 Å². The summed E-state index contributed by atoms with van der Waals surface area (Å²) in [4.78, 5) is 13.2. The van der Waals surface area contributed by atoms with Crippen LogP contribution in [0.15, 0.2) is 109 Å². The number of aliphatic hydroxyl groups excluding tert-OH is 8. The zero-order chi connectivity index (χ0) is 53.2. The molecule has 2 rings (SSSR count). The van der Waals surface area contributed by atoms with Crippen molar-refractivity contribution in [2.24, 2.45) is 0 Å². The molecule has 9 N–H and O–H groups in total. The Morgan fingerprint density at radius 3 is 1.45 bits per heavy atom. The summed E-state index contributed by atoms with van der Waals surface area (Å²) < 4.78 is 22.6. The van der Waals surface area contributed by atoms with Gasteiger partial charge < -0.3 is 65.1 Å². The zero-order valence-corrected chi connectivity index (χ0v) is 44.3. The molecule has 0 bridgehead atoms. The molecule has 12 unspecified atom stereocenters. The van der Waals surface area contributed by atoms with Crippen LogP contribution in [0.25, 0.3) is 0 Å². The maximum Gasteiger partial charge on any atom is 0.220 e. The van der Waals surface area contributed by atoms with E-state index < -0.39 is 86.8 Å². The van der Waals surface area contributed by atoms with Crippen LogP contribution < -0.4 is 5.32 Å². The number of hydrogen-bond donors (Lipinski definition) is 9. The van der Waals surface area contributed by atoms with Crippen molar-refractivity contribution >= 4 is 5.91 Å². The molecule has 416 valence electrons. The smallest absolute Gasteiger partial charge is 0.220 e. The largest absolute Gasteiger partial charge is 0.394 e. The molecule has 2 aliphatic rings. The molecule has 12 atom stereocenters. The van der Waals surface area contributed by atoms with Gasteiger partial charge in [0.1, 0.15) is 48.8 Å². The highest BCUT2D eigenvalue weighted by Crippen LogP contribution is 2.30. The summed E-state index contributed by atoms with van der Waals surface area (Å²) in [6.45, 7) is 2.49. The first-order valence-corrected chi connectivity index (χ1v) is 27.6. The molecule has 0 aromatic heterocycles. The molecular weight excluding hydrogens is 931 g/mol. The van der Waals surface area contributed by atoms with Crippen molar-refractivity contribution in [3.8, 4) is 0 Å². The van der Waals surface area contributed by atoms with Crippen molar-refractivity contribution in [2.75, 3.05) is 19.8 Å². The van der Waals surface area contributed by atoms with Gasteiger partial charge in [-0.05, 0) is 89.9 Å². The average Bonchev–Trinajstić information content (AvgIpc) is 3.39. The van der Waals surface area contributed by atoms with Gasteiger partial charge >= 0.3 is 0 Å². The Hall–Kier alpha value is -3.35. The summed E-state index contributed by atoms with van der Waals surface area (Å²) in [6, 6.07) is -0.945. The molecule has 0 radical (unpaired) electrons. The minimum Gasteiger partial charge on any atom is -0.394 e. The quantitative estimate of drug-likeness (QED) is 0.0207. The summed E-state index contributed by atoms with van der Waals surface area (Å²) >= 11 is 0. The number of allylic oxidation sites excluding steroid dienone is 17. The molecule has 0 saturated carbocycles. The molecule has 0 aromatic rings. The van der Waals surface area contributed by atoms with Gasteiger partial charge in [-0.3, -0.25) is 4.79 Å². The van der Waals surface area contributed by atoms with Crippen LogP contribution in [0.2, 0.25) is 0 Å². The number of hydrogen-bond acceptors (Lipinski definition) is 13. The number of carbonyl (C=O) groups excluding carboxylic acids is 1. The topological polar surface area (TPSA) is 228 Å². The molecule has 1 amide bonds. The van der Waals surface area contributed by atoms with Gasteiger partial charge in [-0.2, -0.15) is 0 Å². The highest BCUT2D eigenvalue weighted by molar-refractivity contribution is 5.76. The number of aliphatic hydroxyl groups is 8. The van der Waals surface area contributed by atoms with E-state index in [9.17, 15) is 45.6 Å². The van der Waals surface area contributed by atoms with Gasteiger partial charge in [0.15, 0.2) is 12.6 Å². The summed E-state index contributed by atoms with van der Waals surface area (Å²) in [5, 5.41) is 86.7. The molecule has 0 spiro atoms. The van der Waals surface area contributed by atoms with Crippen molar-refractivity contribution in [3.63, 3.8) is 0 Å². The van der Waals surface area contributed by atoms with Gasteiger partial charge in [0.2, 0.25) is 5.91 Å². The van der Waals surface area contributed by atoms with Gasteiger partial charge in [-0.15, -0.1) is 0 Å². The number of amides is 1. The summed E-state index contributed by atoms with van der Waals surface area (Å²) in [7, 11) is 0. The van der Waals surface area contributed by atoms with E-state index in [1.54, 1.807) is 6.08 Å². The lowest BCUT2D eigenvalue weighted by molar-refractivity contribution is -0.359. The van der Waals surface area contributed by atoms with Gasteiger partial charge in [0, 0.05) is 6.42 Å². The second-order valence-electron chi connectivity index (χ2n) is 18.9. The van der Waals surface area contributed by atoms with Crippen LogP contribution in [0.3, 0.4) is 0 Å². The van der Waals surface area contributed by atoms with Crippen LogP contribution in [-0.4, -0.2) is 140 Å². The van der Waals surface area contributed by atoms with Crippen LogP contribution in [0.1, 0.15) is 162 Å². The van der Waals surface area contributed by atoms with Crippen molar-refractivity contribution < 1.29 is 64.6 Å². The van der Waals surface area contributed by atoms with Crippen LogP contribution in [0.4, 0.5) is 0 Å². The minimum atomic E-state index is -1.80. The molecule has 2 saturated heterocycles. The molecule has 2 fully saturated rings. The maximum atomic E-state index is 13.2. The maximum absolute atomic E-state index is 13.2. The Labute approximate surface area is 438 Å². The lowest BCUT2D eigenvalue weighted by Crippen LogP contribution is -2.65. The second-order valence-corrected chi connectivity index (χ2v) is 18.9. The van der Waals surface area contributed by atoms with E-state index in [1.807, 2.05) is 6.08 Å². The fourth-order valence-corrected chi connectivity index (χ4v) is 8.27. The molecule has 0 aliphatic carbocycles. The Bertz CT molecular complexity index is 1640. The number of ether oxygens (including phenoxy) is 4. The van der Waals surface area contributed by atoms with E-state index in [-0.39, 0.29) is 18.9 Å². The van der Waals surface area contributed by atoms with E-state index >= 15 is 0 Å². The van der Waals surface area contributed by atoms with Crippen LogP contribution >= 0.6 is 0 Å². The number of carbonyl (C=O) groups is 1. The van der Waals surface area contributed by atoms with E-state index in [1.165, 1.54) is 38.5 Å². The first-order valence-electron chi connectivity index (χ1n) is 27.6. The van der Waals surface area contributed by atoms with Gasteiger partial charge in [-0.1, -0.05) is 175 Å². The molecule has 14 nitrogen and oxygen atoms in total. The number of unbranched alkanes of at least 4 members (excludes halogenated alkanes) is 12. The van der Waals surface area contributed by atoms with Crippen molar-refractivity contribution in [3.05, 3.63) is 109 Å². The predicted molar refractivity (Wildman–Crippen MR) is 290 cm³/mol. The van der Waals surface area contributed by atoms with Crippen molar-refractivity contribution in [2.45, 2.75) is 235 Å². The van der Waals surface area contributed by atoms with Crippen LogP contribution in [-0.2, 0) is 23.7 Å². The van der Waals surface area contributed by atoms with E-state index in [0.717, 1.165) is 89.9 Å². The molecule has 2 heterocycles. The van der Waals surface area contributed by atoms with E-state index in [0.29, 0.717) is 12.8 Å². The molecule has 14 heteroatoms. The highest BCUT2D eigenvalue weighted by Gasteiger charge is 2.51. The lowest BCUT2D eigenvalue weighted by atomic mass is 9.97. The van der Waals surface area contributed by atoms with Crippen molar-refractivity contribution in [1.29, 1.82) is 0 Å². The first kappa shape index (κ1) is 65.8. The molecule has 73 heavy (non-hydrogen) atoms. The number of rotatable bonds is 41. The Morgan fingerprint density at radius 1 is 0.493 bits per heavy atom. The van der Waals surface area contributed by atoms with Gasteiger partial charge in [0.05, 0.1) is 32.0 Å². The summed E-state index contributed by atoms with van der Waals surface area (Å²) in [6.07, 6.45) is 44.4. The Balaban J connectivity index is 1.71. The Kier molecular flexibility index (Phi) is 39.5. The van der Waals surface area contributed by atoms with Crippen LogP contribution in [0.5, 0.6) is 0 Å². The third kappa shape index (κ3) is 30.1. The predicted octanol–water partition coefficient (Wildman–Crippen LogP) is 8.49. The second kappa shape index (κ2) is 43.8. The first-order chi connectivity index (χ1) is 35.6. The highest BCUT2D eigenvalue weighted by atomic mass is 16.7. The summed E-state index contributed by atoms with van der Waals surface area (Å²) in [5.41, 5.74) is 0.